The molecule has 48 heavy (non-hydrogen) atoms. The lowest BCUT2D eigenvalue weighted by molar-refractivity contribution is -0.125. The number of nitrogens with one attached hydrogen (secondary N) is 4. The fourth-order valence-electron chi connectivity index (χ4n) is 5.50. The molecule has 2 aromatic rings. The minimum absolute atomic E-state index is 0.0951. The van der Waals surface area contributed by atoms with Crippen LogP contribution in [0.3, 0.4) is 0 Å². The first-order chi connectivity index (χ1) is 23.2. The molecule has 1 unspecified atom stereocenters. The van der Waals surface area contributed by atoms with Crippen molar-refractivity contribution in [1.82, 2.24) is 21.7 Å². The van der Waals surface area contributed by atoms with E-state index in [0.717, 1.165) is 94.6 Å². The summed E-state index contributed by atoms with van der Waals surface area (Å²) in [6.45, 7) is 6.13. The predicted octanol–water partition coefficient (Wildman–Crippen LogP) is 7.32. The van der Waals surface area contributed by atoms with Crippen LogP contribution in [0.25, 0.3) is 0 Å². The van der Waals surface area contributed by atoms with Gasteiger partial charge in [0.1, 0.15) is 11.5 Å². The minimum Gasteiger partial charge on any atom is -0.507 e. The topological polar surface area (TPSA) is 157 Å². The van der Waals surface area contributed by atoms with Crippen LogP contribution in [0.1, 0.15) is 155 Å². The van der Waals surface area contributed by atoms with E-state index in [9.17, 15) is 29.4 Å². The number of phenolic OH excluding ortho intramolecular Hbond substituents is 2. The zero-order valence-corrected chi connectivity index (χ0v) is 29.3. The molecule has 2 rings (SSSR count). The van der Waals surface area contributed by atoms with E-state index >= 15 is 0 Å². The van der Waals surface area contributed by atoms with Gasteiger partial charge in [-0.2, -0.15) is 0 Å². The SMILES string of the molecule is CCCCCCc1ccc(C(=O)NNC(=O)CCCCCCCCC(C)C(=O)NNC(=O)c2ccc(CCCCCC)cc2O)c(O)c1. The van der Waals surface area contributed by atoms with Gasteiger partial charge in [0, 0.05) is 12.3 Å². The maximum atomic E-state index is 12.5. The Bertz CT molecular complexity index is 1300. The molecule has 2 aromatic carbocycles. The van der Waals surface area contributed by atoms with E-state index < -0.39 is 11.8 Å². The molecule has 1 atom stereocenters. The molecule has 6 N–H and O–H groups in total. The highest BCUT2D eigenvalue weighted by Crippen LogP contribution is 2.22. The van der Waals surface area contributed by atoms with Gasteiger partial charge in [0.05, 0.1) is 11.1 Å². The smallest absolute Gasteiger partial charge is 0.273 e. The highest BCUT2D eigenvalue weighted by atomic mass is 16.3. The quantitative estimate of drug-likeness (QED) is 0.0571. The van der Waals surface area contributed by atoms with Crippen LogP contribution in [-0.4, -0.2) is 33.8 Å². The zero-order valence-electron chi connectivity index (χ0n) is 29.3. The van der Waals surface area contributed by atoms with Gasteiger partial charge >= 0.3 is 0 Å². The second-order valence-electron chi connectivity index (χ2n) is 12.8. The summed E-state index contributed by atoms with van der Waals surface area (Å²) in [4.78, 5) is 49.5. The maximum Gasteiger partial charge on any atom is 0.273 e. The number of amides is 4. The lowest BCUT2D eigenvalue weighted by Gasteiger charge is -2.14. The zero-order chi connectivity index (χ0) is 35.1. The van der Waals surface area contributed by atoms with Crippen molar-refractivity contribution in [3.05, 3.63) is 58.7 Å². The molecule has 0 aliphatic rings. The Morgan fingerprint density at radius 3 is 1.54 bits per heavy atom. The molecule has 10 nitrogen and oxygen atoms in total. The molecule has 4 amide bonds. The average Bonchev–Trinajstić information content (AvgIpc) is 3.07. The number of hydrogen-bond donors (Lipinski definition) is 6. The molecule has 0 saturated heterocycles. The van der Waals surface area contributed by atoms with E-state index in [4.69, 9.17) is 0 Å². The normalized spacial score (nSPS) is 11.5. The van der Waals surface area contributed by atoms with Crippen LogP contribution in [0.5, 0.6) is 11.5 Å². The molecule has 0 bridgehead atoms. The summed E-state index contributed by atoms with van der Waals surface area (Å²) in [5.41, 5.74) is 11.9. The molecule has 0 saturated carbocycles. The molecule has 0 aliphatic heterocycles. The third-order valence-electron chi connectivity index (χ3n) is 8.60. The molecule has 0 spiro atoms. The molecule has 0 aromatic heterocycles. The second kappa shape index (κ2) is 23.3. The first kappa shape index (κ1) is 40.1. The van der Waals surface area contributed by atoms with Crippen LogP contribution < -0.4 is 21.7 Å². The molecule has 266 valence electrons. The Hall–Kier alpha value is -4.08. The molecule has 10 heteroatoms. The number of aryl methyl sites for hydroxylation is 2. The maximum absolute atomic E-state index is 12.5. The monoisotopic (exact) mass is 666 g/mol. The molecule has 0 aliphatic carbocycles. The van der Waals surface area contributed by atoms with Crippen LogP contribution in [0, 0.1) is 5.92 Å². The van der Waals surface area contributed by atoms with E-state index in [1.54, 1.807) is 24.3 Å². The van der Waals surface area contributed by atoms with Gasteiger partial charge < -0.3 is 10.2 Å². The lowest BCUT2D eigenvalue weighted by Crippen LogP contribution is -2.44. The van der Waals surface area contributed by atoms with E-state index in [1.165, 1.54) is 12.8 Å². The minimum atomic E-state index is -0.556. The molecule has 0 fully saturated rings. The predicted molar refractivity (Wildman–Crippen MR) is 189 cm³/mol. The van der Waals surface area contributed by atoms with E-state index in [1.807, 2.05) is 19.1 Å². The summed E-state index contributed by atoms with van der Waals surface area (Å²) >= 11 is 0. The van der Waals surface area contributed by atoms with Gasteiger partial charge in [-0.3, -0.25) is 40.9 Å². The van der Waals surface area contributed by atoms with Gasteiger partial charge in [-0.15, -0.1) is 0 Å². The number of unbranched alkanes of at least 4 members (excludes halogenated alkanes) is 11. The number of carbonyl (C=O) groups excluding carboxylic acids is 4. The third kappa shape index (κ3) is 15.7. The highest BCUT2D eigenvalue weighted by Gasteiger charge is 2.16. The van der Waals surface area contributed by atoms with Crippen LogP contribution in [-0.2, 0) is 22.4 Å². The van der Waals surface area contributed by atoms with Gasteiger partial charge in [0.25, 0.3) is 11.8 Å². The number of aromatic hydroxyl groups is 2. The van der Waals surface area contributed by atoms with E-state index in [2.05, 4.69) is 35.6 Å². The lowest BCUT2D eigenvalue weighted by atomic mass is 10.0. The van der Waals surface area contributed by atoms with Gasteiger partial charge in [-0.25, -0.2) is 0 Å². The number of benzene rings is 2. The van der Waals surface area contributed by atoms with Crippen LogP contribution >= 0.6 is 0 Å². The first-order valence-corrected chi connectivity index (χ1v) is 18.0. The van der Waals surface area contributed by atoms with Crippen molar-refractivity contribution >= 4 is 23.6 Å². The number of rotatable bonds is 22. The standard InChI is InChI=1S/C38H58N4O6/c1-4-6-8-15-19-29-22-24-31(33(43)26-29)37(47)41-39-35(45)21-17-13-11-10-12-14-18-28(3)36(46)40-42-38(48)32-25-23-30(27-34(32)44)20-16-9-7-5-2/h22-28,43-44H,4-21H2,1-3H3,(H,39,45)(H,40,46)(H,41,47)(H,42,48). The number of phenols is 2. The largest absolute Gasteiger partial charge is 0.507 e. The fourth-order valence-corrected chi connectivity index (χ4v) is 5.50. The Labute approximate surface area is 286 Å². The van der Waals surface area contributed by atoms with Crippen LogP contribution in [0.15, 0.2) is 36.4 Å². The Morgan fingerprint density at radius 1 is 0.583 bits per heavy atom. The Morgan fingerprint density at radius 2 is 1.04 bits per heavy atom. The van der Waals surface area contributed by atoms with Crippen molar-refractivity contribution < 1.29 is 29.4 Å². The molecule has 0 radical (unpaired) electrons. The van der Waals surface area contributed by atoms with E-state index in [-0.39, 0.29) is 46.8 Å². The fraction of sp³-hybridized carbons (Fsp3) is 0.579. The van der Waals surface area contributed by atoms with Gasteiger partial charge in [0.2, 0.25) is 11.8 Å². The van der Waals surface area contributed by atoms with Crippen LogP contribution in [0.2, 0.25) is 0 Å². The van der Waals surface area contributed by atoms with Crippen molar-refractivity contribution in [2.45, 2.75) is 136 Å². The van der Waals surface area contributed by atoms with Crippen LogP contribution in [0.4, 0.5) is 0 Å². The average molecular weight is 667 g/mol. The summed E-state index contributed by atoms with van der Waals surface area (Å²) in [5.74, 6) is -2.15. The van der Waals surface area contributed by atoms with E-state index in [0.29, 0.717) is 12.8 Å². The molecular formula is C38H58N4O6. The first-order valence-electron chi connectivity index (χ1n) is 18.0. The summed E-state index contributed by atoms with van der Waals surface area (Å²) in [7, 11) is 0. The highest BCUT2D eigenvalue weighted by molar-refractivity contribution is 5.98. The number of hydrazine groups is 2. The Balaban J connectivity index is 1.53. The van der Waals surface area contributed by atoms with Crippen molar-refractivity contribution in [3.8, 4) is 11.5 Å². The summed E-state index contributed by atoms with van der Waals surface area (Å²) in [6, 6.07) is 10.1. The Kier molecular flexibility index (Phi) is 19.4. The van der Waals surface area contributed by atoms with Gasteiger partial charge in [-0.05, 0) is 73.9 Å². The number of hydrogen-bond acceptors (Lipinski definition) is 6. The van der Waals surface area contributed by atoms with Crippen molar-refractivity contribution in [2.24, 2.45) is 5.92 Å². The third-order valence-corrected chi connectivity index (χ3v) is 8.60. The summed E-state index contributed by atoms with van der Waals surface area (Å²) in [5, 5.41) is 20.6. The summed E-state index contributed by atoms with van der Waals surface area (Å²) in [6.07, 6.45) is 17.0. The summed E-state index contributed by atoms with van der Waals surface area (Å²) < 4.78 is 0. The van der Waals surface area contributed by atoms with Gasteiger partial charge in [-0.1, -0.05) is 104 Å². The molecular weight excluding hydrogens is 608 g/mol. The van der Waals surface area contributed by atoms with Gasteiger partial charge in [0.15, 0.2) is 0 Å². The van der Waals surface area contributed by atoms with Crippen molar-refractivity contribution in [2.75, 3.05) is 0 Å². The molecule has 0 heterocycles. The number of carbonyl (C=O) groups is 4. The van der Waals surface area contributed by atoms with Crippen molar-refractivity contribution in [3.63, 3.8) is 0 Å². The van der Waals surface area contributed by atoms with Crippen molar-refractivity contribution in [1.29, 1.82) is 0 Å². The second-order valence-corrected chi connectivity index (χ2v) is 12.8.